The van der Waals surface area contributed by atoms with Gasteiger partial charge in [-0.25, -0.2) is 0 Å². The summed E-state index contributed by atoms with van der Waals surface area (Å²) in [5.41, 5.74) is 1.66. The van der Waals surface area contributed by atoms with Crippen molar-refractivity contribution in [3.05, 3.63) is 53.6 Å². The highest BCUT2D eigenvalue weighted by molar-refractivity contribution is 5.95. The second-order valence-electron chi connectivity index (χ2n) is 9.74. The molecule has 1 aliphatic heterocycles. The number of amides is 2. The summed E-state index contributed by atoms with van der Waals surface area (Å²) >= 11 is 0. The van der Waals surface area contributed by atoms with E-state index in [1.54, 1.807) is 39.5 Å². The van der Waals surface area contributed by atoms with Gasteiger partial charge in [-0.3, -0.25) is 14.5 Å². The molecule has 37 heavy (non-hydrogen) atoms. The second-order valence-corrected chi connectivity index (χ2v) is 9.74. The van der Waals surface area contributed by atoms with Crippen LogP contribution in [0.3, 0.4) is 0 Å². The molecule has 1 saturated heterocycles. The standard InChI is InChI=1S/C29H39N3O5/c1-35-24-11-7-6-8-21(24)14-15-30-28(33)27(22-9-4-5-10-22)31-16-18-32(19-17-31)29(34)23-12-13-25(36-2)26(20-23)37-3/h6-8,11-13,20,22,27H,4-5,9-10,14-19H2,1-3H3,(H,30,33). The highest BCUT2D eigenvalue weighted by atomic mass is 16.5. The van der Waals surface area contributed by atoms with Gasteiger partial charge in [0, 0.05) is 38.3 Å². The van der Waals surface area contributed by atoms with E-state index in [0.717, 1.165) is 30.6 Å². The quantitative estimate of drug-likeness (QED) is 0.529. The Balaban J connectivity index is 1.36. The number of rotatable bonds is 10. The van der Waals surface area contributed by atoms with Gasteiger partial charge in [-0.2, -0.15) is 0 Å². The van der Waals surface area contributed by atoms with Crippen molar-refractivity contribution in [2.75, 3.05) is 54.1 Å². The molecule has 0 bridgehead atoms. The summed E-state index contributed by atoms with van der Waals surface area (Å²) in [7, 11) is 4.81. The fourth-order valence-electron chi connectivity index (χ4n) is 5.64. The number of piperazine rings is 1. The summed E-state index contributed by atoms with van der Waals surface area (Å²) in [6, 6.07) is 13.0. The van der Waals surface area contributed by atoms with Gasteiger partial charge in [-0.05, 0) is 55.0 Å². The summed E-state index contributed by atoms with van der Waals surface area (Å²) in [6.45, 7) is 3.11. The summed E-state index contributed by atoms with van der Waals surface area (Å²) < 4.78 is 16.1. The molecule has 1 N–H and O–H groups in total. The van der Waals surface area contributed by atoms with E-state index in [-0.39, 0.29) is 17.9 Å². The number of nitrogens with one attached hydrogen (secondary N) is 1. The predicted molar refractivity (Wildman–Crippen MR) is 142 cm³/mol. The molecule has 4 rings (SSSR count). The van der Waals surface area contributed by atoms with E-state index in [1.807, 2.05) is 29.2 Å². The van der Waals surface area contributed by atoms with Gasteiger partial charge in [0.05, 0.1) is 27.4 Å². The van der Waals surface area contributed by atoms with Gasteiger partial charge in [0.2, 0.25) is 5.91 Å². The normalized spacial score (nSPS) is 17.3. The molecule has 0 radical (unpaired) electrons. The molecule has 2 aromatic carbocycles. The van der Waals surface area contributed by atoms with Crippen molar-refractivity contribution in [1.82, 2.24) is 15.1 Å². The minimum absolute atomic E-state index is 0.0284. The van der Waals surface area contributed by atoms with E-state index >= 15 is 0 Å². The molecule has 1 heterocycles. The third-order valence-corrected chi connectivity index (χ3v) is 7.63. The van der Waals surface area contributed by atoms with E-state index in [0.29, 0.717) is 55.7 Å². The third kappa shape index (κ3) is 6.36. The topological polar surface area (TPSA) is 80.3 Å². The molecule has 0 aromatic heterocycles. The largest absolute Gasteiger partial charge is 0.496 e. The fraction of sp³-hybridized carbons (Fsp3) is 0.517. The van der Waals surface area contributed by atoms with Crippen LogP contribution < -0.4 is 19.5 Å². The fourth-order valence-corrected chi connectivity index (χ4v) is 5.64. The summed E-state index contributed by atoms with van der Waals surface area (Å²) in [5, 5.41) is 3.20. The molecule has 2 fully saturated rings. The lowest BCUT2D eigenvalue weighted by molar-refractivity contribution is -0.129. The maximum Gasteiger partial charge on any atom is 0.254 e. The smallest absolute Gasteiger partial charge is 0.254 e. The Labute approximate surface area is 219 Å². The molecule has 2 amide bonds. The van der Waals surface area contributed by atoms with Crippen molar-refractivity contribution < 1.29 is 23.8 Å². The molecule has 0 spiro atoms. The predicted octanol–water partition coefficient (Wildman–Crippen LogP) is 3.39. The summed E-state index contributed by atoms with van der Waals surface area (Å²) in [6.07, 6.45) is 5.23. The number of ether oxygens (including phenoxy) is 3. The Hall–Kier alpha value is -3.26. The average Bonchev–Trinajstić information content (AvgIpc) is 3.47. The Morgan fingerprint density at radius 1 is 0.892 bits per heavy atom. The minimum Gasteiger partial charge on any atom is -0.496 e. The maximum absolute atomic E-state index is 13.5. The maximum atomic E-state index is 13.5. The first-order chi connectivity index (χ1) is 18.0. The molecule has 1 aliphatic carbocycles. The van der Waals surface area contributed by atoms with Gasteiger partial charge in [-0.1, -0.05) is 31.0 Å². The number of para-hydroxylation sites is 1. The second kappa shape index (κ2) is 12.8. The zero-order valence-electron chi connectivity index (χ0n) is 22.2. The molecule has 2 aromatic rings. The number of hydrogen-bond donors (Lipinski definition) is 1. The van der Waals surface area contributed by atoms with Crippen molar-refractivity contribution in [3.8, 4) is 17.2 Å². The SMILES string of the molecule is COc1ccccc1CCNC(=O)C(C1CCCC1)N1CCN(C(=O)c2ccc(OC)c(OC)c2)CC1. The molecule has 1 atom stereocenters. The van der Waals surface area contributed by atoms with Crippen molar-refractivity contribution in [2.24, 2.45) is 5.92 Å². The Kier molecular flexibility index (Phi) is 9.28. The number of benzene rings is 2. The lowest BCUT2D eigenvalue weighted by atomic mass is 9.94. The average molecular weight is 510 g/mol. The van der Waals surface area contributed by atoms with Crippen molar-refractivity contribution in [2.45, 2.75) is 38.1 Å². The molecular formula is C29H39N3O5. The monoisotopic (exact) mass is 509 g/mol. The third-order valence-electron chi connectivity index (χ3n) is 7.63. The lowest BCUT2D eigenvalue weighted by Gasteiger charge is -2.40. The van der Waals surface area contributed by atoms with Crippen LogP contribution in [-0.2, 0) is 11.2 Å². The van der Waals surface area contributed by atoms with Crippen LogP contribution in [0.25, 0.3) is 0 Å². The van der Waals surface area contributed by atoms with E-state index in [2.05, 4.69) is 10.2 Å². The van der Waals surface area contributed by atoms with Gasteiger partial charge >= 0.3 is 0 Å². The van der Waals surface area contributed by atoms with Crippen LogP contribution in [0.15, 0.2) is 42.5 Å². The number of methoxy groups -OCH3 is 3. The molecule has 8 heteroatoms. The van der Waals surface area contributed by atoms with Crippen LogP contribution in [0.5, 0.6) is 17.2 Å². The first kappa shape index (κ1) is 26.8. The van der Waals surface area contributed by atoms with Gasteiger partial charge < -0.3 is 24.4 Å². The molecule has 1 saturated carbocycles. The van der Waals surface area contributed by atoms with E-state index < -0.39 is 0 Å². The number of carbonyl (C=O) groups excluding carboxylic acids is 2. The lowest BCUT2D eigenvalue weighted by Crippen LogP contribution is -2.58. The van der Waals surface area contributed by atoms with Gasteiger partial charge in [0.25, 0.3) is 5.91 Å². The Morgan fingerprint density at radius 3 is 2.24 bits per heavy atom. The van der Waals surface area contributed by atoms with Crippen LogP contribution in [0.1, 0.15) is 41.6 Å². The van der Waals surface area contributed by atoms with Crippen LogP contribution >= 0.6 is 0 Å². The minimum atomic E-state index is -0.154. The highest BCUT2D eigenvalue weighted by Gasteiger charge is 2.37. The summed E-state index contributed by atoms with van der Waals surface area (Å²) in [5.74, 6) is 2.41. The highest BCUT2D eigenvalue weighted by Crippen LogP contribution is 2.32. The molecule has 2 aliphatic rings. The molecular weight excluding hydrogens is 470 g/mol. The molecule has 200 valence electrons. The zero-order chi connectivity index (χ0) is 26.2. The molecule has 1 unspecified atom stereocenters. The first-order valence-corrected chi connectivity index (χ1v) is 13.2. The Bertz CT molecular complexity index is 1060. The van der Waals surface area contributed by atoms with Gasteiger partial charge in [-0.15, -0.1) is 0 Å². The van der Waals surface area contributed by atoms with Crippen molar-refractivity contribution in [3.63, 3.8) is 0 Å². The van der Waals surface area contributed by atoms with E-state index in [1.165, 1.54) is 12.8 Å². The number of carbonyl (C=O) groups is 2. The van der Waals surface area contributed by atoms with Crippen LogP contribution in [0.4, 0.5) is 0 Å². The van der Waals surface area contributed by atoms with E-state index in [9.17, 15) is 9.59 Å². The first-order valence-electron chi connectivity index (χ1n) is 13.2. The zero-order valence-corrected chi connectivity index (χ0v) is 22.2. The number of hydrogen-bond acceptors (Lipinski definition) is 6. The van der Waals surface area contributed by atoms with Crippen LogP contribution in [-0.4, -0.2) is 81.7 Å². The van der Waals surface area contributed by atoms with E-state index in [4.69, 9.17) is 14.2 Å². The summed E-state index contributed by atoms with van der Waals surface area (Å²) in [4.78, 5) is 30.8. The Morgan fingerprint density at radius 2 is 1.57 bits per heavy atom. The van der Waals surface area contributed by atoms with Crippen molar-refractivity contribution in [1.29, 1.82) is 0 Å². The van der Waals surface area contributed by atoms with Gasteiger partial charge in [0.15, 0.2) is 11.5 Å². The van der Waals surface area contributed by atoms with Crippen molar-refractivity contribution >= 4 is 11.8 Å². The van der Waals surface area contributed by atoms with Gasteiger partial charge in [0.1, 0.15) is 5.75 Å². The van der Waals surface area contributed by atoms with Crippen LogP contribution in [0, 0.1) is 5.92 Å². The molecule has 8 nitrogen and oxygen atoms in total. The van der Waals surface area contributed by atoms with Crippen LogP contribution in [0.2, 0.25) is 0 Å². The number of nitrogens with zero attached hydrogens (tertiary/aromatic N) is 2.